The second-order valence-corrected chi connectivity index (χ2v) is 13.1. The lowest BCUT2D eigenvalue weighted by molar-refractivity contribution is -0.193. The molecule has 5 rings (SSSR count). The highest BCUT2D eigenvalue weighted by Gasteiger charge is 2.75. The van der Waals surface area contributed by atoms with Crippen molar-refractivity contribution in [1.82, 2.24) is 0 Å². The number of carbonyl (C=O) groups is 4. The van der Waals surface area contributed by atoms with E-state index in [0.717, 1.165) is 12.5 Å². The number of allylic oxidation sites excluding steroid dienone is 2. The van der Waals surface area contributed by atoms with E-state index in [1.165, 1.54) is 6.07 Å². The molecule has 0 spiro atoms. The molecule has 0 saturated carbocycles. The number of aliphatic hydroxyl groups is 3. The predicted octanol–water partition coefficient (Wildman–Crippen LogP) is 5.34. The summed E-state index contributed by atoms with van der Waals surface area (Å²) in [5.74, 6) is -7.77. The molecule has 8 nitrogen and oxygen atoms in total. The molecule has 0 aliphatic heterocycles. The normalized spacial score (nSPS) is 32.0. The number of hydrogen-bond donors (Lipinski definition) is 4. The van der Waals surface area contributed by atoms with Crippen molar-refractivity contribution in [3.05, 3.63) is 87.9 Å². The molecule has 0 saturated heterocycles. The summed E-state index contributed by atoms with van der Waals surface area (Å²) in [6.45, 7) is 9.76. The molecule has 1 unspecified atom stereocenters. The first-order valence-corrected chi connectivity index (χ1v) is 14.6. The minimum atomic E-state index is -2.82. The Balaban J connectivity index is 1.87. The topological polar surface area (TPSA) is 149 Å². The van der Waals surface area contributed by atoms with Crippen LogP contribution in [0.5, 0.6) is 5.75 Å². The van der Waals surface area contributed by atoms with Gasteiger partial charge in [-0.2, -0.15) is 0 Å². The van der Waals surface area contributed by atoms with Gasteiger partial charge in [-0.25, -0.2) is 0 Å². The third kappa shape index (κ3) is 3.85. The second-order valence-electron chi connectivity index (χ2n) is 13.1. The molecule has 0 aromatic heterocycles. The van der Waals surface area contributed by atoms with E-state index in [1.807, 2.05) is 37.3 Å². The molecule has 43 heavy (non-hydrogen) atoms. The summed E-state index contributed by atoms with van der Waals surface area (Å²) < 4.78 is 0. The first kappa shape index (κ1) is 30.4. The molecule has 3 aliphatic carbocycles. The SMILES string of the molecule is CC(=O)C1=C(O)C(C(C)C)[C@@]2(C)[C@H](CC(=O)Cc3ccccc3)[C@]3(C)C(=C(O)[C@@]2(O)C1=O)C(=O)c1c(O)cccc1[C@H]3C. The van der Waals surface area contributed by atoms with Gasteiger partial charge in [0.2, 0.25) is 5.78 Å². The number of fused-ring (bicyclic) bond motifs is 3. The van der Waals surface area contributed by atoms with Crippen molar-refractivity contribution < 1.29 is 39.6 Å². The average Bonchev–Trinajstić information content (AvgIpc) is 2.92. The number of hydrogen-bond acceptors (Lipinski definition) is 8. The van der Waals surface area contributed by atoms with Crippen molar-refractivity contribution in [2.75, 3.05) is 0 Å². The molecular formula is C35H38O8. The molecule has 0 radical (unpaired) electrons. The molecule has 0 amide bonds. The average molecular weight is 587 g/mol. The lowest BCUT2D eigenvalue weighted by Gasteiger charge is -2.65. The van der Waals surface area contributed by atoms with E-state index in [9.17, 15) is 39.6 Å². The van der Waals surface area contributed by atoms with Crippen LogP contribution in [0.15, 0.2) is 71.2 Å². The first-order valence-electron chi connectivity index (χ1n) is 14.6. The number of aromatic hydroxyl groups is 1. The lowest BCUT2D eigenvalue weighted by Crippen LogP contribution is -2.71. The van der Waals surface area contributed by atoms with Crippen molar-refractivity contribution in [3.8, 4) is 5.75 Å². The van der Waals surface area contributed by atoms with E-state index in [-0.39, 0.29) is 35.5 Å². The van der Waals surface area contributed by atoms with Crippen LogP contribution in [-0.2, 0) is 20.8 Å². The van der Waals surface area contributed by atoms with Gasteiger partial charge in [-0.15, -0.1) is 0 Å². The molecule has 0 bridgehead atoms. The smallest absolute Gasteiger partial charge is 0.209 e. The van der Waals surface area contributed by atoms with Gasteiger partial charge >= 0.3 is 0 Å². The van der Waals surface area contributed by atoms with Crippen LogP contribution < -0.4 is 0 Å². The number of phenolic OH excluding ortho intramolecular Hbond substituents is 1. The number of phenols is 1. The molecule has 3 aliphatic rings. The van der Waals surface area contributed by atoms with E-state index < -0.39 is 74.5 Å². The van der Waals surface area contributed by atoms with Gasteiger partial charge in [0.25, 0.3) is 0 Å². The third-order valence-corrected chi connectivity index (χ3v) is 10.7. The van der Waals surface area contributed by atoms with Crippen molar-refractivity contribution in [3.63, 3.8) is 0 Å². The Labute approximate surface area is 250 Å². The Kier molecular flexibility index (Phi) is 7.08. The molecule has 0 heterocycles. The van der Waals surface area contributed by atoms with Gasteiger partial charge < -0.3 is 20.4 Å². The van der Waals surface area contributed by atoms with E-state index in [1.54, 1.807) is 39.8 Å². The molecule has 4 N–H and O–H groups in total. The Hall–Kier alpha value is -4.04. The largest absolute Gasteiger partial charge is 0.511 e. The standard InChI is InChI=1S/C35H38O8/c1-17(2)27-29(39)25(19(4)36)31(41)35(43)32(42)28-30(40)26-22(13-10-14-23(26)38)18(3)33(28,5)24(34(27,35)6)16-21(37)15-20-11-8-7-9-12-20/h7-14,17-18,24,27,38-39,42-43H,15-16H2,1-6H3/t18-,24-,27?,33-,34-,35+/m1/s1. The molecule has 8 heteroatoms. The van der Waals surface area contributed by atoms with Crippen LogP contribution in [0.1, 0.15) is 75.4 Å². The number of benzene rings is 2. The summed E-state index contributed by atoms with van der Waals surface area (Å²) in [6, 6.07) is 13.8. The van der Waals surface area contributed by atoms with Crippen LogP contribution in [0.2, 0.25) is 0 Å². The zero-order chi connectivity index (χ0) is 31.8. The predicted molar refractivity (Wildman–Crippen MR) is 159 cm³/mol. The number of carbonyl (C=O) groups excluding carboxylic acids is 4. The summed E-state index contributed by atoms with van der Waals surface area (Å²) in [4.78, 5) is 55.1. The number of rotatable bonds is 6. The van der Waals surface area contributed by atoms with Crippen LogP contribution in [0.4, 0.5) is 0 Å². The van der Waals surface area contributed by atoms with Crippen LogP contribution in [0, 0.1) is 28.6 Å². The van der Waals surface area contributed by atoms with Crippen molar-refractivity contribution >= 4 is 23.1 Å². The summed E-state index contributed by atoms with van der Waals surface area (Å²) in [6.07, 6.45) is -0.153. The molecular weight excluding hydrogens is 548 g/mol. The fraction of sp³-hybridized carbons (Fsp3) is 0.429. The van der Waals surface area contributed by atoms with Gasteiger partial charge in [0.15, 0.2) is 17.2 Å². The van der Waals surface area contributed by atoms with E-state index in [4.69, 9.17) is 0 Å². The fourth-order valence-corrected chi connectivity index (χ4v) is 8.65. The minimum Gasteiger partial charge on any atom is -0.511 e. The van der Waals surface area contributed by atoms with Crippen molar-refractivity contribution in [2.45, 2.75) is 65.9 Å². The fourth-order valence-electron chi connectivity index (χ4n) is 8.65. The zero-order valence-corrected chi connectivity index (χ0v) is 25.3. The number of Topliss-reactive ketones (excluding diaryl/α,β-unsaturated/α-hetero) is 4. The monoisotopic (exact) mass is 586 g/mol. The Morgan fingerprint density at radius 1 is 0.953 bits per heavy atom. The molecule has 6 atom stereocenters. The molecule has 2 aromatic rings. The van der Waals surface area contributed by atoms with Gasteiger partial charge in [-0.3, -0.25) is 19.2 Å². The van der Waals surface area contributed by atoms with Crippen LogP contribution in [0.3, 0.4) is 0 Å². The van der Waals surface area contributed by atoms with Crippen LogP contribution in [0.25, 0.3) is 0 Å². The van der Waals surface area contributed by atoms with E-state index in [2.05, 4.69) is 0 Å². The Morgan fingerprint density at radius 3 is 2.16 bits per heavy atom. The maximum atomic E-state index is 14.3. The minimum absolute atomic E-state index is 0.0491. The number of ketones is 4. The van der Waals surface area contributed by atoms with Crippen LogP contribution in [-0.4, -0.2) is 49.2 Å². The van der Waals surface area contributed by atoms with Crippen molar-refractivity contribution in [2.24, 2.45) is 28.6 Å². The third-order valence-electron chi connectivity index (χ3n) is 10.7. The zero-order valence-electron chi connectivity index (χ0n) is 25.3. The molecule has 2 aromatic carbocycles. The van der Waals surface area contributed by atoms with Gasteiger partial charge in [0, 0.05) is 35.2 Å². The lowest BCUT2D eigenvalue weighted by atomic mass is 9.38. The van der Waals surface area contributed by atoms with Crippen molar-refractivity contribution in [1.29, 1.82) is 0 Å². The van der Waals surface area contributed by atoms with Gasteiger partial charge in [0.05, 0.1) is 5.56 Å². The number of aliphatic hydroxyl groups excluding tert-OH is 2. The first-order chi connectivity index (χ1) is 20.1. The maximum Gasteiger partial charge on any atom is 0.209 e. The highest BCUT2D eigenvalue weighted by Crippen LogP contribution is 2.71. The maximum absolute atomic E-state index is 14.3. The summed E-state index contributed by atoms with van der Waals surface area (Å²) in [5.41, 5.74) is -5.59. The second kappa shape index (κ2) is 10.0. The highest BCUT2D eigenvalue weighted by atomic mass is 16.4. The Bertz CT molecular complexity index is 1630. The summed E-state index contributed by atoms with van der Waals surface area (Å²) >= 11 is 0. The van der Waals surface area contributed by atoms with Crippen LogP contribution >= 0.6 is 0 Å². The summed E-state index contributed by atoms with van der Waals surface area (Å²) in [5, 5.41) is 47.0. The molecule has 0 fully saturated rings. The van der Waals surface area contributed by atoms with E-state index in [0.29, 0.717) is 5.56 Å². The Morgan fingerprint density at radius 2 is 1.58 bits per heavy atom. The van der Waals surface area contributed by atoms with Gasteiger partial charge in [0.1, 0.15) is 28.6 Å². The molecule has 226 valence electrons. The van der Waals surface area contributed by atoms with Gasteiger partial charge in [-0.1, -0.05) is 77.1 Å². The summed E-state index contributed by atoms with van der Waals surface area (Å²) in [7, 11) is 0. The van der Waals surface area contributed by atoms with E-state index >= 15 is 0 Å². The quantitative estimate of drug-likeness (QED) is 0.332. The highest BCUT2D eigenvalue weighted by molar-refractivity contribution is 6.25. The van der Waals surface area contributed by atoms with Gasteiger partial charge in [-0.05, 0) is 41.9 Å².